The number of nitrogens with zero attached hydrogens (tertiary/aromatic N) is 2. The molecule has 0 bridgehead atoms. The lowest BCUT2D eigenvalue weighted by molar-refractivity contribution is -0.120. The van der Waals surface area contributed by atoms with Gasteiger partial charge in [-0.1, -0.05) is 17.4 Å². The van der Waals surface area contributed by atoms with E-state index < -0.39 is 0 Å². The van der Waals surface area contributed by atoms with Gasteiger partial charge < -0.3 is 20.3 Å². The van der Waals surface area contributed by atoms with Gasteiger partial charge in [0.15, 0.2) is 5.13 Å². The fraction of sp³-hybridized carbons (Fsp3) is 0.286. The quantitative estimate of drug-likeness (QED) is 0.671. The number of hydrogen-bond donors (Lipinski definition) is 2. The van der Waals surface area contributed by atoms with Crippen LogP contribution < -0.4 is 20.3 Å². The number of ether oxygens (including phenoxy) is 1. The standard InChI is InChI=1S/C21H22N4O3S/c1-12-4-6-16-19(8-12)29-21(24-16)25-10-14(11-25)20(27)23-17-9-15(22-13(2)26)5-7-18(17)28-3/h4-9,14H,10-11H2,1-3H3,(H,22,26)(H,23,27). The zero-order valence-corrected chi connectivity index (χ0v) is 17.3. The summed E-state index contributed by atoms with van der Waals surface area (Å²) in [5, 5.41) is 6.58. The lowest BCUT2D eigenvalue weighted by atomic mass is 10.00. The molecule has 1 aromatic heterocycles. The first-order chi connectivity index (χ1) is 13.9. The van der Waals surface area contributed by atoms with Crippen molar-refractivity contribution < 1.29 is 14.3 Å². The molecule has 2 N–H and O–H groups in total. The number of benzene rings is 2. The average Bonchev–Trinajstić information content (AvgIpc) is 3.02. The highest BCUT2D eigenvalue weighted by Crippen LogP contribution is 2.34. The number of fused-ring (bicyclic) bond motifs is 1. The number of methoxy groups -OCH3 is 1. The smallest absolute Gasteiger partial charge is 0.231 e. The van der Waals surface area contributed by atoms with Crippen LogP contribution in [0.25, 0.3) is 10.2 Å². The molecule has 8 heteroatoms. The Bertz CT molecular complexity index is 1090. The minimum absolute atomic E-state index is 0.0727. The number of rotatable bonds is 5. The van der Waals surface area contributed by atoms with Crippen LogP contribution in [-0.2, 0) is 9.59 Å². The van der Waals surface area contributed by atoms with Gasteiger partial charge >= 0.3 is 0 Å². The number of thiazole rings is 1. The maximum absolute atomic E-state index is 12.7. The summed E-state index contributed by atoms with van der Waals surface area (Å²) in [6, 6.07) is 11.4. The summed E-state index contributed by atoms with van der Waals surface area (Å²) in [6.45, 7) is 4.75. The Balaban J connectivity index is 1.42. The van der Waals surface area contributed by atoms with Crippen LogP contribution in [0.1, 0.15) is 12.5 Å². The van der Waals surface area contributed by atoms with E-state index >= 15 is 0 Å². The molecule has 4 rings (SSSR count). The Morgan fingerprint density at radius 3 is 2.69 bits per heavy atom. The zero-order valence-electron chi connectivity index (χ0n) is 16.5. The summed E-state index contributed by atoms with van der Waals surface area (Å²) in [7, 11) is 1.54. The summed E-state index contributed by atoms with van der Waals surface area (Å²) in [5.74, 6) is 0.174. The van der Waals surface area contributed by atoms with Crippen LogP contribution in [0, 0.1) is 12.8 Å². The van der Waals surface area contributed by atoms with E-state index in [4.69, 9.17) is 4.74 Å². The van der Waals surface area contributed by atoms with Gasteiger partial charge in [0.25, 0.3) is 0 Å². The van der Waals surface area contributed by atoms with Gasteiger partial charge in [0.2, 0.25) is 11.8 Å². The Kier molecular flexibility index (Phi) is 5.10. The number of carbonyl (C=O) groups is 2. The molecule has 0 radical (unpaired) electrons. The number of carbonyl (C=O) groups excluding carboxylic acids is 2. The van der Waals surface area contributed by atoms with Gasteiger partial charge in [0.1, 0.15) is 5.75 Å². The van der Waals surface area contributed by atoms with Crippen molar-refractivity contribution in [1.29, 1.82) is 0 Å². The van der Waals surface area contributed by atoms with Gasteiger partial charge in [0, 0.05) is 25.7 Å². The molecular weight excluding hydrogens is 388 g/mol. The van der Waals surface area contributed by atoms with Crippen molar-refractivity contribution in [3.63, 3.8) is 0 Å². The number of aromatic nitrogens is 1. The summed E-state index contributed by atoms with van der Waals surface area (Å²) in [6.07, 6.45) is 0. The predicted molar refractivity (Wildman–Crippen MR) is 116 cm³/mol. The number of amides is 2. The molecule has 7 nitrogen and oxygen atoms in total. The van der Waals surface area contributed by atoms with Gasteiger partial charge in [-0.05, 0) is 42.8 Å². The SMILES string of the molecule is COc1ccc(NC(C)=O)cc1NC(=O)C1CN(c2nc3ccc(C)cc3s2)C1. The molecule has 2 aromatic carbocycles. The van der Waals surface area contributed by atoms with E-state index in [1.807, 2.05) is 6.07 Å². The summed E-state index contributed by atoms with van der Waals surface area (Å²) >= 11 is 1.65. The molecular formula is C21H22N4O3S. The van der Waals surface area contributed by atoms with E-state index in [-0.39, 0.29) is 17.7 Å². The first kappa shape index (κ1) is 19.2. The van der Waals surface area contributed by atoms with Crippen LogP contribution in [-0.4, -0.2) is 37.0 Å². The molecule has 0 spiro atoms. The third-order valence-corrected chi connectivity index (χ3v) is 5.91. The Hall–Kier alpha value is -3.13. The Labute approximate surface area is 172 Å². The molecule has 0 atom stereocenters. The Morgan fingerprint density at radius 1 is 1.17 bits per heavy atom. The molecule has 29 heavy (non-hydrogen) atoms. The van der Waals surface area contributed by atoms with Crippen molar-refractivity contribution in [2.24, 2.45) is 5.92 Å². The highest BCUT2D eigenvalue weighted by Gasteiger charge is 2.34. The second kappa shape index (κ2) is 7.71. The van der Waals surface area contributed by atoms with E-state index in [1.165, 1.54) is 12.5 Å². The van der Waals surface area contributed by atoms with Gasteiger partial charge in [0.05, 0.1) is 28.9 Å². The fourth-order valence-electron chi connectivity index (χ4n) is 3.28. The highest BCUT2D eigenvalue weighted by atomic mass is 32.1. The van der Waals surface area contributed by atoms with Gasteiger partial charge in [-0.15, -0.1) is 0 Å². The van der Waals surface area contributed by atoms with Crippen molar-refractivity contribution >= 4 is 49.9 Å². The van der Waals surface area contributed by atoms with Gasteiger partial charge in [-0.25, -0.2) is 4.98 Å². The first-order valence-corrected chi connectivity index (χ1v) is 10.1. The van der Waals surface area contributed by atoms with Gasteiger partial charge in [-0.3, -0.25) is 9.59 Å². The predicted octanol–water partition coefficient (Wildman–Crippen LogP) is 3.65. The monoisotopic (exact) mass is 410 g/mol. The highest BCUT2D eigenvalue weighted by molar-refractivity contribution is 7.22. The van der Waals surface area contributed by atoms with Crippen LogP contribution in [0.2, 0.25) is 0 Å². The van der Waals surface area contributed by atoms with Crippen LogP contribution in [0.5, 0.6) is 5.75 Å². The van der Waals surface area contributed by atoms with E-state index in [0.717, 1.165) is 15.3 Å². The second-order valence-electron chi connectivity index (χ2n) is 7.16. The van der Waals surface area contributed by atoms with E-state index in [9.17, 15) is 9.59 Å². The maximum atomic E-state index is 12.7. The van der Waals surface area contributed by atoms with Crippen LogP contribution in [0.4, 0.5) is 16.5 Å². The van der Waals surface area contributed by atoms with Crippen LogP contribution in [0.3, 0.4) is 0 Å². The minimum Gasteiger partial charge on any atom is -0.495 e. The fourth-order valence-corrected chi connectivity index (χ4v) is 4.36. The lowest BCUT2D eigenvalue weighted by Crippen LogP contribution is -2.52. The number of hydrogen-bond acceptors (Lipinski definition) is 6. The largest absolute Gasteiger partial charge is 0.495 e. The number of anilines is 3. The topological polar surface area (TPSA) is 83.6 Å². The first-order valence-electron chi connectivity index (χ1n) is 9.31. The molecule has 0 aliphatic carbocycles. The van der Waals surface area contributed by atoms with Gasteiger partial charge in [-0.2, -0.15) is 0 Å². The van der Waals surface area contributed by atoms with E-state index in [2.05, 4.69) is 39.6 Å². The normalized spacial score (nSPS) is 13.8. The summed E-state index contributed by atoms with van der Waals surface area (Å²) in [4.78, 5) is 30.8. The molecule has 1 saturated heterocycles. The molecule has 3 aromatic rings. The molecule has 1 aliphatic heterocycles. The van der Waals surface area contributed by atoms with Crippen molar-refractivity contribution in [3.05, 3.63) is 42.0 Å². The van der Waals surface area contributed by atoms with Crippen molar-refractivity contribution in [1.82, 2.24) is 4.98 Å². The van der Waals surface area contributed by atoms with Crippen LogP contribution in [0.15, 0.2) is 36.4 Å². The number of aryl methyl sites for hydroxylation is 1. The van der Waals surface area contributed by atoms with Crippen LogP contribution >= 0.6 is 11.3 Å². The second-order valence-corrected chi connectivity index (χ2v) is 8.16. The molecule has 0 unspecified atom stereocenters. The summed E-state index contributed by atoms with van der Waals surface area (Å²) < 4.78 is 6.48. The molecule has 0 saturated carbocycles. The third kappa shape index (κ3) is 4.02. The van der Waals surface area contributed by atoms with Crippen molar-refractivity contribution in [2.75, 3.05) is 35.7 Å². The molecule has 150 valence electrons. The number of nitrogens with one attached hydrogen (secondary N) is 2. The van der Waals surface area contributed by atoms with Crippen molar-refractivity contribution in [3.8, 4) is 5.75 Å². The molecule has 2 amide bonds. The molecule has 2 heterocycles. The lowest BCUT2D eigenvalue weighted by Gasteiger charge is -2.38. The zero-order chi connectivity index (χ0) is 20.5. The third-order valence-electron chi connectivity index (χ3n) is 4.83. The minimum atomic E-state index is -0.173. The average molecular weight is 410 g/mol. The Morgan fingerprint density at radius 2 is 1.97 bits per heavy atom. The maximum Gasteiger partial charge on any atom is 0.231 e. The summed E-state index contributed by atoms with van der Waals surface area (Å²) in [5.41, 5.74) is 3.35. The van der Waals surface area contributed by atoms with E-state index in [1.54, 1.807) is 36.6 Å². The molecule has 1 aliphatic rings. The van der Waals surface area contributed by atoms with E-state index in [0.29, 0.717) is 30.2 Å². The molecule has 1 fully saturated rings. The van der Waals surface area contributed by atoms with Crippen molar-refractivity contribution in [2.45, 2.75) is 13.8 Å².